The molecule has 0 atom stereocenters. The lowest BCUT2D eigenvalue weighted by Gasteiger charge is -2.33. The smallest absolute Gasteiger partial charge is 0.342 e. The van der Waals surface area contributed by atoms with Gasteiger partial charge in [-0.3, -0.25) is 10.1 Å². The van der Waals surface area contributed by atoms with Crippen LogP contribution in [0.2, 0.25) is 0 Å². The van der Waals surface area contributed by atoms with Crippen LogP contribution in [-0.4, -0.2) is 29.1 Å². The van der Waals surface area contributed by atoms with E-state index in [4.69, 9.17) is 5.11 Å². The van der Waals surface area contributed by atoms with E-state index < -0.39 is 10.9 Å². The molecule has 0 amide bonds. The van der Waals surface area contributed by atoms with Crippen molar-refractivity contribution in [2.24, 2.45) is 5.92 Å². The molecule has 1 aromatic carbocycles. The summed E-state index contributed by atoms with van der Waals surface area (Å²) < 4.78 is 0. The number of piperidine rings is 1. The number of nitro benzene ring substituents is 1. The van der Waals surface area contributed by atoms with Crippen molar-refractivity contribution >= 4 is 17.3 Å². The van der Waals surface area contributed by atoms with Crippen molar-refractivity contribution in [1.29, 1.82) is 0 Å². The molecule has 1 saturated heterocycles. The van der Waals surface area contributed by atoms with Gasteiger partial charge in [0.2, 0.25) is 0 Å². The molecule has 0 aliphatic carbocycles. The molecule has 1 fully saturated rings. The molecule has 1 aliphatic rings. The van der Waals surface area contributed by atoms with Crippen LogP contribution in [0, 0.1) is 16.0 Å². The second-order valence-corrected chi connectivity index (χ2v) is 5.48. The molecule has 1 aromatic rings. The van der Waals surface area contributed by atoms with Gasteiger partial charge < -0.3 is 10.0 Å². The Labute approximate surface area is 123 Å². The van der Waals surface area contributed by atoms with Crippen LogP contribution in [0.5, 0.6) is 0 Å². The van der Waals surface area contributed by atoms with Crippen molar-refractivity contribution in [2.45, 2.75) is 32.6 Å². The third kappa shape index (κ3) is 3.51. The van der Waals surface area contributed by atoms with Crippen LogP contribution >= 0.6 is 0 Å². The summed E-state index contributed by atoms with van der Waals surface area (Å²) in [4.78, 5) is 23.5. The van der Waals surface area contributed by atoms with Gasteiger partial charge in [0.05, 0.1) is 4.92 Å². The molecule has 0 aromatic heterocycles. The molecule has 1 heterocycles. The van der Waals surface area contributed by atoms with Gasteiger partial charge in [0.25, 0.3) is 5.69 Å². The number of hydrogen-bond donors (Lipinski definition) is 1. The minimum atomic E-state index is -1.26. The predicted molar refractivity (Wildman–Crippen MR) is 79.9 cm³/mol. The Kier molecular flexibility index (Phi) is 4.77. The quantitative estimate of drug-likeness (QED) is 0.665. The van der Waals surface area contributed by atoms with E-state index in [2.05, 4.69) is 11.8 Å². The van der Waals surface area contributed by atoms with E-state index in [9.17, 15) is 14.9 Å². The zero-order valence-electron chi connectivity index (χ0n) is 12.1. The van der Waals surface area contributed by atoms with E-state index in [1.54, 1.807) is 6.07 Å². The van der Waals surface area contributed by atoms with Crippen LogP contribution in [0.15, 0.2) is 18.2 Å². The Hall–Kier alpha value is -2.11. The molecule has 0 spiro atoms. The average molecular weight is 292 g/mol. The first kappa shape index (κ1) is 15.3. The summed E-state index contributed by atoms with van der Waals surface area (Å²) in [6.45, 7) is 3.94. The van der Waals surface area contributed by atoms with Crippen LogP contribution in [0.3, 0.4) is 0 Å². The third-order valence-corrected chi connectivity index (χ3v) is 4.08. The lowest BCUT2D eigenvalue weighted by Crippen LogP contribution is -2.33. The van der Waals surface area contributed by atoms with Crippen LogP contribution in [0.1, 0.15) is 43.0 Å². The number of carbonyl (C=O) groups is 1. The summed E-state index contributed by atoms with van der Waals surface area (Å²) in [6, 6.07) is 4.35. The second kappa shape index (κ2) is 6.56. The number of carboxylic acids is 1. The normalized spacial score (nSPS) is 16.0. The summed E-state index contributed by atoms with van der Waals surface area (Å²) >= 11 is 0. The van der Waals surface area contributed by atoms with Gasteiger partial charge in [-0.25, -0.2) is 4.79 Å². The first-order chi connectivity index (χ1) is 10.0. The van der Waals surface area contributed by atoms with Crippen LogP contribution in [0.25, 0.3) is 0 Å². The second-order valence-electron chi connectivity index (χ2n) is 5.48. The molecule has 0 saturated carbocycles. The zero-order chi connectivity index (χ0) is 15.4. The van der Waals surface area contributed by atoms with E-state index >= 15 is 0 Å². The van der Waals surface area contributed by atoms with Gasteiger partial charge in [-0.15, -0.1) is 0 Å². The van der Waals surface area contributed by atoms with Gasteiger partial charge in [0.1, 0.15) is 5.56 Å². The van der Waals surface area contributed by atoms with E-state index in [1.165, 1.54) is 25.0 Å². The van der Waals surface area contributed by atoms with Crippen molar-refractivity contribution in [2.75, 3.05) is 18.0 Å². The Balaban J connectivity index is 2.16. The number of hydrogen-bond acceptors (Lipinski definition) is 4. The number of aromatic carboxylic acids is 1. The number of rotatable bonds is 5. The van der Waals surface area contributed by atoms with Gasteiger partial charge in [-0.2, -0.15) is 0 Å². The molecule has 21 heavy (non-hydrogen) atoms. The highest BCUT2D eigenvalue weighted by molar-refractivity contribution is 5.93. The monoisotopic (exact) mass is 292 g/mol. The molecule has 1 aliphatic heterocycles. The average Bonchev–Trinajstić information content (AvgIpc) is 2.47. The first-order valence-corrected chi connectivity index (χ1v) is 7.29. The molecule has 2 rings (SSSR count). The van der Waals surface area contributed by atoms with Crippen molar-refractivity contribution in [3.8, 4) is 0 Å². The Morgan fingerprint density at radius 2 is 2.10 bits per heavy atom. The molecule has 6 heteroatoms. The molecule has 0 unspecified atom stereocenters. The van der Waals surface area contributed by atoms with Crippen molar-refractivity contribution < 1.29 is 14.8 Å². The van der Waals surface area contributed by atoms with Crippen LogP contribution in [-0.2, 0) is 0 Å². The SMILES string of the molecule is CCCC1CCN(c2ccc([N+](=O)[O-])c(C(=O)O)c2)CC1. The van der Waals surface area contributed by atoms with Gasteiger partial charge in [0.15, 0.2) is 0 Å². The van der Waals surface area contributed by atoms with E-state index in [-0.39, 0.29) is 11.3 Å². The molecule has 0 radical (unpaired) electrons. The minimum Gasteiger partial charge on any atom is -0.477 e. The standard InChI is InChI=1S/C15H20N2O4/c1-2-3-11-6-8-16(9-7-11)12-4-5-14(17(20)21)13(10-12)15(18)19/h4-5,10-11H,2-3,6-9H2,1H3,(H,18,19). The number of anilines is 1. The molecule has 6 nitrogen and oxygen atoms in total. The number of benzene rings is 1. The van der Waals surface area contributed by atoms with Gasteiger partial charge in [0, 0.05) is 24.8 Å². The fourth-order valence-electron chi connectivity index (χ4n) is 2.94. The fraction of sp³-hybridized carbons (Fsp3) is 0.533. The van der Waals surface area contributed by atoms with Gasteiger partial charge in [-0.05, 0) is 30.9 Å². The van der Waals surface area contributed by atoms with Crippen molar-refractivity contribution in [1.82, 2.24) is 0 Å². The summed E-state index contributed by atoms with van der Waals surface area (Å²) in [7, 11) is 0. The lowest BCUT2D eigenvalue weighted by molar-refractivity contribution is -0.385. The zero-order valence-corrected chi connectivity index (χ0v) is 12.1. The van der Waals surface area contributed by atoms with Crippen LogP contribution < -0.4 is 4.90 Å². The maximum atomic E-state index is 11.2. The number of nitro groups is 1. The maximum absolute atomic E-state index is 11.2. The van der Waals surface area contributed by atoms with Crippen molar-refractivity contribution in [3.05, 3.63) is 33.9 Å². The summed E-state index contributed by atoms with van der Waals surface area (Å²) in [5, 5.41) is 20.0. The highest BCUT2D eigenvalue weighted by Gasteiger charge is 2.23. The highest BCUT2D eigenvalue weighted by atomic mass is 16.6. The fourth-order valence-corrected chi connectivity index (χ4v) is 2.94. The maximum Gasteiger partial charge on any atom is 0.342 e. The largest absolute Gasteiger partial charge is 0.477 e. The van der Waals surface area contributed by atoms with Crippen LogP contribution in [0.4, 0.5) is 11.4 Å². The molecular formula is C15H20N2O4. The summed E-state index contributed by atoms with van der Waals surface area (Å²) in [5.41, 5.74) is 0.160. The summed E-state index contributed by atoms with van der Waals surface area (Å²) in [6.07, 6.45) is 4.60. The highest BCUT2D eigenvalue weighted by Crippen LogP contribution is 2.29. The van der Waals surface area contributed by atoms with E-state index in [0.717, 1.165) is 37.5 Å². The molecular weight excluding hydrogens is 272 g/mol. The molecule has 0 bridgehead atoms. The Bertz CT molecular complexity index is 536. The number of nitrogens with zero attached hydrogens (tertiary/aromatic N) is 2. The van der Waals surface area contributed by atoms with E-state index in [0.29, 0.717) is 0 Å². The molecule has 1 N–H and O–H groups in total. The minimum absolute atomic E-state index is 0.242. The van der Waals surface area contributed by atoms with Gasteiger partial charge in [-0.1, -0.05) is 19.8 Å². The predicted octanol–water partition coefficient (Wildman–Crippen LogP) is 3.31. The molecule has 114 valence electrons. The summed E-state index contributed by atoms with van der Waals surface area (Å²) in [5.74, 6) is -0.521. The van der Waals surface area contributed by atoms with E-state index in [1.807, 2.05) is 0 Å². The first-order valence-electron chi connectivity index (χ1n) is 7.29. The third-order valence-electron chi connectivity index (χ3n) is 4.08. The topological polar surface area (TPSA) is 83.7 Å². The Morgan fingerprint density at radius 3 is 2.62 bits per heavy atom. The Morgan fingerprint density at radius 1 is 1.43 bits per heavy atom. The lowest BCUT2D eigenvalue weighted by atomic mass is 9.92. The van der Waals surface area contributed by atoms with Gasteiger partial charge >= 0.3 is 5.97 Å². The number of carboxylic acid groups (broad SMARTS) is 1. The van der Waals surface area contributed by atoms with Crippen molar-refractivity contribution in [3.63, 3.8) is 0 Å².